The number of fused-ring (bicyclic) bond motifs is 1. The van der Waals surface area contributed by atoms with E-state index in [1.165, 1.54) is 0 Å². The predicted octanol–water partition coefficient (Wildman–Crippen LogP) is 1.62. The summed E-state index contributed by atoms with van der Waals surface area (Å²) >= 11 is 0. The first kappa shape index (κ1) is 20.4. The Balaban J connectivity index is 1.27. The van der Waals surface area contributed by atoms with Gasteiger partial charge >= 0.3 is 5.97 Å². The van der Waals surface area contributed by atoms with E-state index in [0.29, 0.717) is 49.0 Å². The monoisotopic (exact) mass is 429 g/mol. The number of esters is 1. The van der Waals surface area contributed by atoms with Crippen LogP contribution in [0, 0.1) is 0 Å². The molecule has 0 N–H and O–H groups in total. The van der Waals surface area contributed by atoms with Crippen molar-refractivity contribution in [3.05, 3.63) is 59.7 Å². The van der Waals surface area contributed by atoms with Crippen LogP contribution >= 0.6 is 0 Å². The third-order valence-corrected chi connectivity index (χ3v) is 6.58. The first-order chi connectivity index (χ1) is 14.5. The van der Waals surface area contributed by atoms with Crippen LogP contribution in [0.3, 0.4) is 0 Å². The van der Waals surface area contributed by atoms with E-state index >= 15 is 0 Å². The molecule has 2 aromatic rings. The molecule has 0 bridgehead atoms. The van der Waals surface area contributed by atoms with Crippen LogP contribution < -0.4 is 4.74 Å². The van der Waals surface area contributed by atoms with Gasteiger partial charge < -0.3 is 14.4 Å². The van der Waals surface area contributed by atoms with Gasteiger partial charge in [0.2, 0.25) is 0 Å². The second kappa shape index (κ2) is 8.45. The number of sulfonamides is 1. The SMILES string of the molecule is COc1ccc(C(=O)OCCN2CCN(C3=NS(=O)(=O)c4ccccc43)CC2)cc1. The number of hydrogen-bond donors (Lipinski definition) is 0. The van der Waals surface area contributed by atoms with Crippen molar-refractivity contribution in [3.63, 3.8) is 0 Å². The number of hydrogen-bond acceptors (Lipinski definition) is 7. The zero-order valence-electron chi connectivity index (χ0n) is 16.7. The van der Waals surface area contributed by atoms with Crippen LogP contribution in [0.25, 0.3) is 0 Å². The number of amidine groups is 1. The topological polar surface area (TPSA) is 88.5 Å². The average molecular weight is 429 g/mol. The lowest BCUT2D eigenvalue weighted by Crippen LogP contribution is -2.49. The van der Waals surface area contributed by atoms with Crippen molar-refractivity contribution in [2.24, 2.45) is 4.40 Å². The van der Waals surface area contributed by atoms with Crippen LogP contribution in [-0.2, 0) is 14.8 Å². The average Bonchev–Trinajstić information content (AvgIpc) is 3.05. The van der Waals surface area contributed by atoms with Crippen LogP contribution in [0.4, 0.5) is 0 Å². The Morgan fingerprint density at radius 3 is 2.43 bits per heavy atom. The van der Waals surface area contributed by atoms with Crippen molar-refractivity contribution >= 4 is 21.8 Å². The van der Waals surface area contributed by atoms with Gasteiger partial charge in [0.05, 0.1) is 12.7 Å². The molecule has 2 heterocycles. The zero-order valence-corrected chi connectivity index (χ0v) is 17.5. The highest BCUT2D eigenvalue weighted by Gasteiger charge is 2.32. The van der Waals surface area contributed by atoms with Gasteiger partial charge in [-0.3, -0.25) is 4.90 Å². The van der Waals surface area contributed by atoms with Crippen molar-refractivity contribution in [1.82, 2.24) is 9.80 Å². The van der Waals surface area contributed by atoms with Gasteiger partial charge in [0.1, 0.15) is 17.3 Å². The summed E-state index contributed by atoms with van der Waals surface area (Å²) in [5.74, 6) is 0.848. The molecule has 2 aliphatic heterocycles. The quantitative estimate of drug-likeness (QED) is 0.668. The van der Waals surface area contributed by atoms with Crippen LogP contribution in [0.15, 0.2) is 57.8 Å². The lowest BCUT2D eigenvalue weighted by molar-refractivity contribution is 0.0442. The van der Waals surface area contributed by atoms with E-state index in [9.17, 15) is 13.2 Å². The number of rotatable bonds is 5. The summed E-state index contributed by atoms with van der Waals surface area (Å²) in [4.78, 5) is 16.6. The number of piperazine rings is 1. The highest BCUT2D eigenvalue weighted by Crippen LogP contribution is 2.27. The largest absolute Gasteiger partial charge is 0.497 e. The molecule has 0 aliphatic carbocycles. The number of benzene rings is 2. The molecule has 1 saturated heterocycles. The number of nitrogens with zero attached hydrogens (tertiary/aromatic N) is 3. The van der Waals surface area contributed by atoms with Gasteiger partial charge in [-0.25, -0.2) is 4.79 Å². The van der Waals surface area contributed by atoms with Gasteiger partial charge in [0, 0.05) is 38.3 Å². The van der Waals surface area contributed by atoms with E-state index in [2.05, 4.69) is 9.30 Å². The fraction of sp³-hybridized carbons (Fsp3) is 0.333. The Hall–Kier alpha value is -2.91. The van der Waals surface area contributed by atoms with Crippen LogP contribution in [0.1, 0.15) is 15.9 Å². The van der Waals surface area contributed by atoms with Crippen molar-refractivity contribution < 1.29 is 22.7 Å². The molecule has 0 saturated carbocycles. The molecule has 0 atom stereocenters. The lowest BCUT2D eigenvalue weighted by atomic mass is 10.1. The summed E-state index contributed by atoms with van der Waals surface area (Å²) in [6.07, 6.45) is 0. The summed E-state index contributed by atoms with van der Waals surface area (Å²) in [5, 5.41) is 0. The highest BCUT2D eigenvalue weighted by atomic mass is 32.2. The maximum Gasteiger partial charge on any atom is 0.338 e. The number of ether oxygens (including phenoxy) is 2. The Kier molecular flexibility index (Phi) is 5.74. The molecule has 158 valence electrons. The molecule has 0 amide bonds. The Morgan fingerprint density at radius 1 is 1.03 bits per heavy atom. The molecule has 0 aromatic heterocycles. The minimum atomic E-state index is -3.60. The summed E-state index contributed by atoms with van der Waals surface area (Å²) in [7, 11) is -2.03. The third-order valence-electron chi connectivity index (χ3n) is 5.25. The molecule has 0 spiro atoms. The second-order valence-corrected chi connectivity index (χ2v) is 8.65. The van der Waals surface area contributed by atoms with E-state index in [1.54, 1.807) is 49.6 Å². The van der Waals surface area contributed by atoms with Gasteiger partial charge in [0.25, 0.3) is 10.0 Å². The number of carbonyl (C=O) groups excluding carboxylic acids is 1. The minimum Gasteiger partial charge on any atom is -0.497 e. The minimum absolute atomic E-state index is 0.271. The van der Waals surface area contributed by atoms with Crippen molar-refractivity contribution in [3.8, 4) is 5.75 Å². The van der Waals surface area contributed by atoms with Crippen molar-refractivity contribution in [2.45, 2.75) is 4.90 Å². The molecule has 4 rings (SSSR count). The summed E-state index contributed by atoms with van der Waals surface area (Å²) in [5.41, 5.74) is 1.15. The first-order valence-electron chi connectivity index (χ1n) is 9.71. The van der Waals surface area contributed by atoms with Crippen LogP contribution in [0.5, 0.6) is 5.75 Å². The van der Waals surface area contributed by atoms with Gasteiger partial charge in [-0.15, -0.1) is 4.40 Å². The van der Waals surface area contributed by atoms with Crippen LogP contribution in [-0.4, -0.2) is 76.5 Å². The molecule has 1 fully saturated rings. The van der Waals surface area contributed by atoms with Crippen LogP contribution in [0.2, 0.25) is 0 Å². The molecule has 2 aromatic carbocycles. The van der Waals surface area contributed by atoms with Gasteiger partial charge in [-0.05, 0) is 36.4 Å². The zero-order chi connectivity index (χ0) is 21.1. The Labute approximate surface area is 175 Å². The van der Waals surface area contributed by atoms with E-state index in [4.69, 9.17) is 9.47 Å². The number of methoxy groups -OCH3 is 1. The maximum absolute atomic E-state index is 12.2. The molecule has 0 radical (unpaired) electrons. The Morgan fingerprint density at radius 2 is 1.73 bits per heavy atom. The molecule has 30 heavy (non-hydrogen) atoms. The predicted molar refractivity (Wildman–Crippen MR) is 111 cm³/mol. The fourth-order valence-corrected chi connectivity index (χ4v) is 4.81. The maximum atomic E-state index is 12.2. The normalized spacial score (nSPS) is 17.9. The Bertz CT molecular complexity index is 1060. The highest BCUT2D eigenvalue weighted by molar-refractivity contribution is 7.90. The van der Waals surface area contributed by atoms with E-state index in [0.717, 1.165) is 13.1 Å². The molecular weight excluding hydrogens is 406 g/mol. The molecule has 9 heteroatoms. The standard InChI is InChI=1S/C21H23N3O5S/c1-28-17-8-6-16(7-9-17)21(25)29-15-14-23-10-12-24(13-11-23)20-18-4-2-3-5-19(18)30(26,27)22-20/h2-9H,10-15H2,1H3. The van der Waals surface area contributed by atoms with Gasteiger partial charge in [-0.2, -0.15) is 8.42 Å². The fourth-order valence-electron chi connectivity index (χ4n) is 3.58. The van der Waals surface area contributed by atoms with E-state index in [-0.39, 0.29) is 10.9 Å². The third kappa shape index (κ3) is 4.17. The second-order valence-electron chi connectivity index (χ2n) is 7.08. The molecular formula is C21H23N3O5S. The lowest BCUT2D eigenvalue weighted by Gasteiger charge is -2.35. The van der Waals surface area contributed by atoms with Gasteiger partial charge in [0.15, 0.2) is 5.84 Å². The molecule has 0 unspecified atom stereocenters. The van der Waals surface area contributed by atoms with E-state index < -0.39 is 10.0 Å². The smallest absolute Gasteiger partial charge is 0.338 e. The molecule has 8 nitrogen and oxygen atoms in total. The summed E-state index contributed by atoms with van der Waals surface area (Å²) in [6.45, 7) is 3.72. The molecule has 2 aliphatic rings. The first-order valence-corrected chi connectivity index (χ1v) is 11.1. The van der Waals surface area contributed by atoms with Crippen molar-refractivity contribution in [1.29, 1.82) is 0 Å². The number of carbonyl (C=O) groups is 1. The van der Waals surface area contributed by atoms with Gasteiger partial charge in [-0.1, -0.05) is 12.1 Å². The summed E-state index contributed by atoms with van der Waals surface area (Å²) in [6, 6.07) is 13.7. The van der Waals surface area contributed by atoms with Crippen molar-refractivity contribution in [2.75, 3.05) is 46.4 Å². The van der Waals surface area contributed by atoms with E-state index in [1.807, 2.05) is 11.0 Å². The summed E-state index contributed by atoms with van der Waals surface area (Å²) < 4.78 is 38.9.